The van der Waals surface area contributed by atoms with Crippen molar-refractivity contribution in [3.63, 3.8) is 0 Å². The Kier molecular flexibility index (Phi) is 8.17. The molecule has 0 aliphatic rings. The molecule has 0 spiro atoms. The molecule has 0 bridgehead atoms. The zero-order valence-electron chi connectivity index (χ0n) is 15.9. The van der Waals surface area contributed by atoms with Crippen molar-refractivity contribution in [2.24, 2.45) is 0 Å². The van der Waals surface area contributed by atoms with E-state index >= 15 is 0 Å². The lowest BCUT2D eigenvalue weighted by molar-refractivity contribution is -0.134. The third-order valence-corrected chi connectivity index (χ3v) is 4.02. The Hall–Kier alpha value is -3.01. The van der Waals surface area contributed by atoms with Crippen LogP contribution >= 0.6 is 0 Å². The summed E-state index contributed by atoms with van der Waals surface area (Å²) < 4.78 is 0. The molecule has 2 aromatic carbocycles. The topological polar surface area (TPSA) is 63.1 Å². The van der Waals surface area contributed by atoms with Crippen LogP contribution in [0.3, 0.4) is 0 Å². The fraction of sp³-hybridized carbons (Fsp3) is 0.261. The number of unbranched alkanes of at least 4 members (excludes halogenated alkanes) is 2. The Bertz CT molecular complexity index is 809. The molecule has 0 amide bonds. The summed E-state index contributed by atoms with van der Waals surface area (Å²) in [5.74, 6) is -0.0381. The van der Waals surface area contributed by atoms with Gasteiger partial charge in [-0.3, -0.25) is 4.79 Å². The first-order valence-electron chi connectivity index (χ1n) is 9.26. The first-order valence-corrected chi connectivity index (χ1v) is 9.26. The molecule has 3 rings (SSSR count). The van der Waals surface area contributed by atoms with Crippen LogP contribution in [-0.2, 0) is 11.2 Å². The number of carboxylic acid groups (broad SMARTS) is 1. The predicted molar refractivity (Wildman–Crippen MR) is 109 cm³/mol. The van der Waals surface area contributed by atoms with Gasteiger partial charge in [-0.25, -0.2) is 9.97 Å². The molecule has 1 heterocycles. The van der Waals surface area contributed by atoms with Crippen molar-refractivity contribution >= 4 is 5.97 Å². The molecule has 27 heavy (non-hydrogen) atoms. The molecule has 3 aromatic rings. The standard InChI is InChI=1S/C21H22N2.C2H4O2/c1-2-3-5-8-17-15-22-21(23-16-17)20-13-11-19(12-14-20)18-9-6-4-7-10-18;1-2(3)4/h4,6-7,9-16H,2-3,5,8H2,1H3;1H3,(H,3,4). The van der Waals surface area contributed by atoms with Crippen molar-refractivity contribution in [2.45, 2.75) is 39.5 Å². The number of benzene rings is 2. The summed E-state index contributed by atoms with van der Waals surface area (Å²) in [5.41, 5.74) is 4.73. The molecule has 0 fully saturated rings. The van der Waals surface area contributed by atoms with E-state index in [-0.39, 0.29) is 0 Å². The predicted octanol–water partition coefficient (Wildman–Crippen LogP) is 5.63. The number of hydrogen-bond donors (Lipinski definition) is 1. The minimum absolute atomic E-state index is 0.795. The molecule has 0 unspecified atom stereocenters. The molecule has 1 N–H and O–H groups in total. The Balaban J connectivity index is 0.000000596. The number of carbonyl (C=O) groups is 1. The van der Waals surface area contributed by atoms with E-state index in [2.05, 4.69) is 65.4 Å². The first kappa shape index (κ1) is 20.3. The van der Waals surface area contributed by atoms with E-state index in [9.17, 15) is 0 Å². The lowest BCUT2D eigenvalue weighted by atomic mass is 10.0. The highest BCUT2D eigenvalue weighted by Gasteiger charge is 2.03. The quantitative estimate of drug-likeness (QED) is 0.577. The minimum Gasteiger partial charge on any atom is -0.481 e. The van der Waals surface area contributed by atoms with Gasteiger partial charge in [-0.15, -0.1) is 0 Å². The van der Waals surface area contributed by atoms with Gasteiger partial charge in [0.05, 0.1) is 0 Å². The van der Waals surface area contributed by atoms with Crippen LogP contribution in [0.1, 0.15) is 38.7 Å². The molecule has 0 saturated carbocycles. The Morgan fingerprint density at radius 1 is 0.852 bits per heavy atom. The number of nitrogens with zero attached hydrogens (tertiary/aromatic N) is 2. The van der Waals surface area contributed by atoms with Gasteiger partial charge in [0.15, 0.2) is 5.82 Å². The van der Waals surface area contributed by atoms with Gasteiger partial charge in [-0.2, -0.15) is 0 Å². The van der Waals surface area contributed by atoms with Crippen molar-refractivity contribution in [3.8, 4) is 22.5 Å². The van der Waals surface area contributed by atoms with E-state index in [1.165, 1.54) is 36.0 Å². The zero-order valence-corrected chi connectivity index (χ0v) is 15.9. The van der Waals surface area contributed by atoms with Crippen molar-refractivity contribution in [3.05, 3.63) is 72.6 Å². The van der Waals surface area contributed by atoms with Crippen molar-refractivity contribution in [1.29, 1.82) is 0 Å². The van der Waals surface area contributed by atoms with E-state index in [4.69, 9.17) is 9.90 Å². The van der Waals surface area contributed by atoms with Crippen LogP contribution in [0.25, 0.3) is 22.5 Å². The van der Waals surface area contributed by atoms with Crippen molar-refractivity contribution in [1.82, 2.24) is 9.97 Å². The van der Waals surface area contributed by atoms with Crippen LogP contribution in [-0.4, -0.2) is 21.0 Å². The molecule has 4 heteroatoms. The monoisotopic (exact) mass is 362 g/mol. The molecule has 0 radical (unpaired) electrons. The van der Waals surface area contributed by atoms with Crippen LogP contribution in [0, 0.1) is 0 Å². The number of rotatable bonds is 6. The lowest BCUT2D eigenvalue weighted by Gasteiger charge is -2.05. The van der Waals surface area contributed by atoms with Gasteiger partial charge >= 0.3 is 0 Å². The minimum atomic E-state index is -0.833. The Labute approximate surface area is 161 Å². The largest absolute Gasteiger partial charge is 0.481 e. The highest BCUT2D eigenvalue weighted by atomic mass is 16.4. The maximum Gasteiger partial charge on any atom is 0.300 e. The normalized spacial score (nSPS) is 10.0. The Morgan fingerprint density at radius 3 is 1.93 bits per heavy atom. The second kappa shape index (κ2) is 10.9. The number of hydrogen-bond acceptors (Lipinski definition) is 3. The summed E-state index contributed by atoms with van der Waals surface area (Å²) in [7, 11) is 0. The smallest absolute Gasteiger partial charge is 0.300 e. The zero-order chi connectivity index (χ0) is 19.5. The van der Waals surface area contributed by atoms with Gasteiger partial charge in [-0.05, 0) is 29.5 Å². The fourth-order valence-electron chi connectivity index (χ4n) is 2.65. The summed E-state index contributed by atoms with van der Waals surface area (Å²) in [5, 5.41) is 7.42. The first-order chi connectivity index (χ1) is 13.1. The third kappa shape index (κ3) is 7.02. The summed E-state index contributed by atoms with van der Waals surface area (Å²) in [4.78, 5) is 18.0. The van der Waals surface area contributed by atoms with Crippen LogP contribution in [0.4, 0.5) is 0 Å². The molecule has 0 atom stereocenters. The van der Waals surface area contributed by atoms with Gasteiger partial charge in [0, 0.05) is 24.9 Å². The van der Waals surface area contributed by atoms with E-state index < -0.39 is 5.97 Å². The maximum absolute atomic E-state index is 9.00. The van der Waals surface area contributed by atoms with Crippen LogP contribution in [0.2, 0.25) is 0 Å². The van der Waals surface area contributed by atoms with E-state index in [1.807, 2.05) is 18.5 Å². The van der Waals surface area contributed by atoms with E-state index in [0.717, 1.165) is 24.7 Å². The van der Waals surface area contributed by atoms with Gasteiger partial charge in [0.25, 0.3) is 5.97 Å². The van der Waals surface area contributed by atoms with Crippen LogP contribution in [0.15, 0.2) is 67.0 Å². The van der Waals surface area contributed by atoms with Crippen LogP contribution in [0.5, 0.6) is 0 Å². The van der Waals surface area contributed by atoms with Gasteiger partial charge in [0.2, 0.25) is 0 Å². The maximum atomic E-state index is 9.00. The molecular formula is C23H26N2O2. The number of aliphatic carboxylic acids is 1. The molecule has 0 saturated heterocycles. The highest BCUT2D eigenvalue weighted by Crippen LogP contribution is 2.22. The summed E-state index contributed by atoms with van der Waals surface area (Å²) in [6.07, 6.45) is 8.72. The summed E-state index contributed by atoms with van der Waals surface area (Å²) >= 11 is 0. The third-order valence-electron chi connectivity index (χ3n) is 4.02. The highest BCUT2D eigenvalue weighted by molar-refractivity contribution is 5.67. The molecule has 140 valence electrons. The number of aromatic nitrogens is 2. The molecule has 1 aromatic heterocycles. The molecule has 0 aliphatic heterocycles. The van der Waals surface area contributed by atoms with Gasteiger partial charge in [0.1, 0.15) is 0 Å². The molecule has 0 aliphatic carbocycles. The SMILES string of the molecule is CC(=O)O.CCCCCc1cnc(-c2ccc(-c3ccccc3)cc2)nc1. The van der Waals surface area contributed by atoms with Crippen molar-refractivity contribution in [2.75, 3.05) is 0 Å². The number of carboxylic acids is 1. The fourth-order valence-corrected chi connectivity index (χ4v) is 2.65. The average molecular weight is 362 g/mol. The average Bonchev–Trinajstić information content (AvgIpc) is 2.69. The van der Waals surface area contributed by atoms with Gasteiger partial charge < -0.3 is 5.11 Å². The summed E-state index contributed by atoms with van der Waals surface area (Å²) in [6, 6.07) is 18.8. The molecular weight excluding hydrogens is 336 g/mol. The van der Waals surface area contributed by atoms with Crippen molar-refractivity contribution < 1.29 is 9.90 Å². The van der Waals surface area contributed by atoms with E-state index in [0.29, 0.717) is 0 Å². The molecule has 4 nitrogen and oxygen atoms in total. The summed E-state index contributed by atoms with van der Waals surface area (Å²) in [6.45, 7) is 3.30. The lowest BCUT2D eigenvalue weighted by Crippen LogP contribution is -1.93. The number of aryl methyl sites for hydroxylation is 1. The second-order valence-electron chi connectivity index (χ2n) is 6.33. The van der Waals surface area contributed by atoms with Crippen LogP contribution < -0.4 is 0 Å². The van der Waals surface area contributed by atoms with E-state index in [1.54, 1.807) is 0 Å². The second-order valence-corrected chi connectivity index (χ2v) is 6.33. The van der Waals surface area contributed by atoms with Gasteiger partial charge in [-0.1, -0.05) is 74.4 Å². The Morgan fingerprint density at radius 2 is 1.37 bits per heavy atom.